The summed E-state index contributed by atoms with van der Waals surface area (Å²) in [4.78, 5) is 0. The number of benzene rings is 1. The largest absolute Gasteiger partial charge is 0.493 e. The molecule has 0 saturated heterocycles. The summed E-state index contributed by atoms with van der Waals surface area (Å²) >= 11 is 4.78. The lowest BCUT2D eigenvalue weighted by atomic mass is 10.1. The van der Waals surface area contributed by atoms with Crippen molar-refractivity contribution >= 4 is 23.0 Å². The van der Waals surface area contributed by atoms with Crippen LogP contribution < -0.4 is 26.3 Å². The summed E-state index contributed by atoms with van der Waals surface area (Å²) in [5.41, 5.74) is 12.6. The molecule has 0 heterocycles. The Labute approximate surface area is 99.7 Å². The zero-order valence-corrected chi connectivity index (χ0v) is 10.1. The molecule has 0 spiro atoms. The second kappa shape index (κ2) is 5.53. The number of nitrogens with two attached hydrogens (primary N) is 2. The van der Waals surface area contributed by atoms with Gasteiger partial charge in [-0.1, -0.05) is 0 Å². The third-order valence-corrected chi connectivity index (χ3v) is 2.19. The average molecular weight is 241 g/mol. The predicted octanol–water partition coefficient (Wildman–Crippen LogP) is 0.818. The van der Waals surface area contributed by atoms with Gasteiger partial charge < -0.3 is 26.3 Å². The lowest BCUT2D eigenvalue weighted by Gasteiger charge is -2.14. The van der Waals surface area contributed by atoms with Gasteiger partial charge in [-0.05, 0) is 23.8 Å². The van der Waals surface area contributed by atoms with Crippen LogP contribution >= 0.6 is 12.2 Å². The van der Waals surface area contributed by atoms with Gasteiger partial charge in [0.05, 0.1) is 14.2 Å². The topological polar surface area (TPSA) is 82.5 Å². The Hall–Kier alpha value is -1.53. The molecule has 1 rings (SSSR count). The molecule has 1 aromatic rings. The summed E-state index contributed by atoms with van der Waals surface area (Å²) in [6.45, 7) is 0.352. The highest BCUT2D eigenvalue weighted by Gasteiger charge is 2.10. The van der Waals surface area contributed by atoms with Crippen LogP contribution in [-0.2, 0) is 6.54 Å². The van der Waals surface area contributed by atoms with Crippen molar-refractivity contribution in [2.75, 3.05) is 19.5 Å². The number of hydrogen-bond donors (Lipinski definition) is 3. The van der Waals surface area contributed by atoms with Crippen molar-refractivity contribution in [1.29, 1.82) is 0 Å². The molecule has 1 aromatic carbocycles. The molecule has 5 N–H and O–H groups in total. The van der Waals surface area contributed by atoms with Gasteiger partial charge in [0, 0.05) is 18.3 Å². The molecule has 0 aliphatic heterocycles. The number of hydrogen-bond acceptors (Lipinski definition) is 4. The maximum atomic E-state index is 5.62. The maximum absolute atomic E-state index is 5.62. The van der Waals surface area contributed by atoms with Gasteiger partial charge in [0.25, 0.3) is 0 Å². The van der Waals surface area contributed by atoms with E-state index >= 15 is 0 Å². The molecule has 6 heteroatoms. The number of methoxy groups -OCH3 is 2. The van der Waals surface area contributed by atoms with E-state index in [0.717, 1.165) is 11.3 Å². The van der Waals surface area contributed by atoms with Crippen LogP contribution in [0.4, 0.5) is 5.69 Å². The molecule has 16 heavy (non-hydrogen) atoms. The zero-order valence-electron chi connectivity index (χ0n) is 9.24. The standard InChI is InChI=1S/C10H15N3O2S/c1-14-8-3-6(5-11)7(13-10(12)16)4-9(8)15-2/h3-4H,5,11H2,1-2H3,(H3,12,13,16). The fourth-order valence-electron chi connectivity index (χ4n) is 1.34. The van der Waals surface area contributed by atoms with Gasteiger partial charge in [-0.25, -0.2) is 0 Å². The number of thiocarbonyl (C=S) groups is 1. The van der Waals surface area contributed by atoms with Gasteiger partial charge in [0.1, 0.15) is 0 Å². The van der Waals surface area contributed by atoms with Gasteiger partial charge in [-0.3, -0.25) is 0 Å². The SMILES string of the molecule is COc1cc(CN)c(NC(N)=S)cc1OC. The van der Waals surface area contributed by atoms with E-state index < -0.39 is 0 Å². The van der Waals surface area contributed by atoms with Crippen LogP contribution in [0, 0.1) is 0 Å². The van der Waals surface area contributed by atoms with Crippen molar-refractivity contribution in [1.82, 2.24) is 0 Å². The summed E-state index contributed by atoms with van der Waals surface area (Å²) in [6.07, 6.45) is 0. The summed E-state index contributed by atoms with van der Waals surface area (Å²) in [6, 6.07) is 3.54. The van der Waals surface area contributed by atoms with Crippen molar-refractivity contribution in [2.45, 2.75) is 6.54 Å². The van der Waals surface area contributed by atoms with Crippen molar-refractivity contribution in [2.24, 2.45) is 11.5 Å². The highest BCUT2D eigenvalue weighted by atomic mass is 32.1. The Morgan fingerprint density at radius 2 is 1.88 bits per heavy atom. The van der Waals surface area contributed by atoms with E-state index in [4.69, 9.17) is 33.2 Å². The molecule has 0 saturated carbocycles. The smallest absolute Gasteiger partial charge is 0.168 e. The molecule has 0 bridgehead atoms. The molecule has 0 amide bonds. The zero-order chi connectivity index (χ0) is 12.1. The van der Waals surface area contributed by atoms with Gasteiger partial charge in [-0.15, -0.1) is 0 Å². The fraction of sp³-hybridized carbons (Fsp3) is 0.300. The number of ether oxygens (including phenoxy) is 2. The predicted molar refractivity (Wildman–Crippen MR) is 67.8 cm³/mol. The van der Waals surface area contributed by atoms with E-state index in [9.17, 15) is 0 Å². The normalized spacial score (nSPS) is 9.69. The van der Waals surface area contributed by atoms with E-state index in [1.165, 1.54) is 0 Å². The second-order valence-corrected chi connectivity index (χ2v) is 3.50. The Balaban J connectivity index is 3.20. The summed E-state index contributed by atoms with van der Waals surface area (Å²) in [7, 11) is 3.13. The van der Waals surface area contributed by atoms with Crippen LogP contribution in [0.2, 0.25) is 0 Å². The molecule has 0 fully saturated rings. The molecule has 88 valence electrons. The Kier molecular flexibility index (Phi) is 4.33. The number of nitrogens with one attached hydrogen (secondary N) is 1. The quantitative estimate of drug-likeness (QED) is 0.677. The van der Waals surface area contributed by atoms with E-state index in [1.54, 1.807) is 26.4 Å². The van der Waals surface area contributed by atoms with Gasteiger partial charge in [-0.2, -0.15) is 0 Å². The molecule has 0 aromatic heterocycles. The lowest BCUT2D eigenvalue weighted by molar-refractivity contribution is 0.355. The molecular weight excluding hydrogens is 226 g/mol. The van der Waals surface area contributed by atoms with E-state index in [0.29, 0.717) is 18.0 Å². The van der Waals surface area contributed by atoms with Crippen molar-refractivity contribution in [3.63, 3.8) is 0 Å². The third kappa shape index (κ3) is 2.74. The molecular formula is C10H15N3O2S. The minimum atomic E-state index is 0.182. The Morgan fingerprint density at radius 3 is 2.31 bits per heavy atom. The second-order valence-electron chi connectivity index (χ2n) is 3.06. The van der Waals surface area contributed by atoms with Crippen molar-refractivity contribution < 1.29 is 9.47 Å². The van der Waals surface area contributed by atoms with Gasteiger partial charge in [0.15, 0.2) is 16.6 Å². The highest BCUT2D eigenvalue weighted by Crippen LogP contribution is 2.33. The van der Waals surface area contributed by atoms with Crippen molar-refractivity contribution in [3.05, 3.63) is 17.7 Å². The molecule has 0 aliphatic carbocycles. The van der Waals surface area contributed by atoms with Crippen molar-refractivity contribution in [3.8, 4) is 11.5 Å². The van der Waals surface area contributed by atoms with Crippen LogP contribution in [0.1, 0.15) is 5.56 Å². The Morgan fingerprint density at radius 1 is 1.31 bits per heavy atom. The van der Waals surface area contributed by atoms with E-state index in [-0.39, 0.29) is 5.11 Å². The van der Waals surface area contributed by atoms with Crippen LogP contribution in [0.15, 0.2) is 12.1 Å². The van der Waals surface area contributed by atoms with E-state index in [1.807, 2.05) is 0 Å². The Bertz CT molecular complexity index is 396. The minimum Gasteiger partial charge on any atom is -0.493 e. The first-order valence-corrected chi connectivity index (χ1v) is 5.04. The van der Waals surface area contributed by atoms with Crippen LogP contribution in [0.5, 0.6) is 11.5 Å². The third-order valence-electron chi connectivity index (χ3n) is 2.09. The summed E-state index contributed by atoms with van der Waals surface area (Å²) in [5.74, 6) is 1.22. The van der Waals surface area contributed by atoms with Crippen LogP contribution in [-0.4, -0.2) is 19.3 Å². The van der Waals surface area contributed by atoms with E-state index in [2.05, 4.69) is 5.32 Å². The highest BCUT2D eigenvalue weighted by molar-refractivity contribution is 7.80. The first-order chi connectivity index (χ1) is 7.62. The number of rotatable bonds is 4. The van der Waals surface area contributed by atoms with Gasteiger partial charge in [0.2, 0.25) is 0 Å². The molecule has 0 aliphatic rings. The average Bonchev–Trinajstić information content (AvgIpc) is 2.27. The first-order valence-electron chi connectivity index (χ1n) is 4.63. The van der Waals surface area contributed by atoms with Gasteiger partial charge >= 0.3 is 0 Å². The first kappa shape index (κ1) is 12.5. The molecule has 0 atom stereocenters. The molecule has 5 nitrogen and oxygen atoms in total. The molecule has 0 radical (unpaired) electrons. The maximum Gasteiger partial charge on any atom is 0.168 e. The van der Waals surface area contributed by atoms with Crippen LogP contribution in [0.25, 0.3) is 0 Å². The fourth-order valence-corrected chi connectivity index (χ4v) is 1.45. The summed E-state index contributed by atoms with van der Waals surface area (Å²) in [5, 5.41) is 3.03. The number of anilines is 1. The lowest BCUT2D eigenvalue weighted by Crippen LogP contribution is -2.20. The monoisotopic (exact) mass is 241 g/mol. The molecule has 0 unspecified atom stereocenters. The summed E-state index contributed by atoms with van der Waals surface area (Å²) < 4.78 is 10.3. The minimum absolute atomic E-state index is 0.182. The van der Waals surface area contributed by atoms with Crippen LogP contribution in [0.3, 0.4) is 0 Å².